The fourth-order valence-electron chi connectivity index (χ4n) is 8.58. The Balaban J connectivity index is 1.28. The number of anilines is 1. The first kappa shape index (κ1) is 33.2. The van der Waals surface area contributed by atoms with E-state index in [1.54, 1.807) is 0 Å². The number of likely N-dealkylation sites (N-methyl/N-ethyl adjacent to an activating group) is 1. The lowest BCUT2D eigenvalue weighted by Gasteiger charge is -2.65. The number of hydrogen-bond acceptors (Lipinski definition) is 7. The van der Waals surface area contributed by atoms with Crippen LogP contribution in [-0.2, 0) is 25.7 Å². The van der Waals surface area contributed by atoms with Crippen molar-refractivity contribution < 1.29 is 24.0 Å². The Morgan fingerprint density at radius 3 is 2.36 bits per heavy atom. The molecule has 0 radical (unpaired) electrons. The van der Waals surface area contributed by atoms with Crippen molar-refractivity contribution in [1.82, 2.24) is 20.5 Å². The number of rotatable bonds is 11. The molecule has 4 N–H and O–H groups in total. The first-order chi connectivity index (χ1) is 21.1. The average molecular weight is 679 g/mol. The van der Waals surface area contributed by atoms with E-state index in [2.05, 4.69) is 35.1 Å². The fourth-order valence-corrected chi connectivity index (χ4v) is 10.0. The number of Topliss-reactive ketones (excluding diaryl/α,β-unsaturated/α-hetero) is 1. The third-order valence-electron chi connectivity index (χ3n) is 9.29. The second-order valence-corrected chi connectivity index (χ2v) is 15.9. The molecular formula is C31H37Cl2N5O6S. The Labute approximate surface area is 274 Å². The molecule has 2 aromatic heterocycles. The van der Waals surface area contributed by atoms with Gasteiger partial charge in [0.25, 0.3) is 17.4 Å². The Bertz CT molecular complexity index is 1600. The molecule has 4 aliphatic rings. The van der Waals surface area contributed by atoms with Crippen molar-refractivity contribution in [3.8, 4) is 0 Å². The van der Waals surface area contributed by atoms with Gasteiger partial charge >= 0.3 is 0 Å². The van der Waals surface area contributed by atoms with Gasteiger partial charge in [-0.3, -0.25) is 28.8 Å². The van der Waals surface area contributed by atoms with E-state index in [9.17, 15) is 28.8 Å². The van der Waals surface area contributed by atoms with Gasteiger partial charge in [0.15, 0.2) is 0 Å². The molecule has 2 heterocycles. The van der Waals surface area contributed by atoms with E-state index in [1.807, 2.05) is 0 Å². The van der Waals surface area contributed by atoms with Crippen LogP contribution < -0.4 is 26.8 Å². The van der Waals surface area contributed by atoms with Crippen molar-refractivity contribution in [2.24, 2.45) is 16.7 Å². The lowest BCUT2D eigenvalue weighted by molar-refractivity contribution is -0.140. The average Bonchev–Trinajstić information content (AvgIpc) is 3.27. The minimum Gasteiger partial charge on any atom is -0.353 e. The maximum atomic E-state index is 13.4. The van der Waals surface area contributed by atoms with Gasteiger partial charge in [-0.05, 0) is 79.9 Å². The summed E-state index contributed by atoms with van der Waals surface area (Å²) in [5, 5.41) is 10.6. The van der Waals surface area contributed by atoms with E-state index in [4.69, 9.17) is 23.2 Å². The number of thiophene rings is 1. The SMILES string of the molecule is CNC(=O)C(=O)CC[C@H](NC(=O)c1cc(Cl)sc1Cl)C(=O)Nc1cccn(CC(=O)NC23CC4CC(C)(CC(C)(C4)C2)C3)c1=O. The largest absolute Gasteiger partial charge is 0.353 e. The van der Waals surface area contributed by atoms with E-state index in [0.29, 0.717) is 5.92 Å². The number of carbonyl (C=O) groups excluding carboxylic acids is 5. The zero-order valence-corrected chi connectivity index (χ0v) is 27.7. The Hall–Kier alpha value is -3.22. The van der Waals surface area contributed by atoms with Crippen LogP contribution in [0.1, 0.15) is 75.6 Å². The van der Waals surface area contributed by atoms with Gasteiger partial charge in [-0.15, -0.1) is 11.3 Å². The van der Waals surface area contributed by atoms with Crippen LogP contribution >= 0.6 is 34.5 Å². The van der Waals surface area contributed by atoms with E-state index in [0.717, 1.165) is 30.6 Å². The minimum absolute atomic E-state index is 0.0391. The van der Waals surface area contributed by atoms with Crippen LogP contribution in [0.2, 0.25) is 8.67 Å². The zero-order valence-electron chi connectivity index (χ0n) is 25.4. The molecule has 0 spiro atoms. The standard InChI is InChI=1S/C31H37Cl2N5O6S/c1-29-10-17-11-30(2,14-29)16-31(12-17,15-29)37-23(40)13-38-8-4-5-20(28(38)44)36-26(42)19(6-7-21(39)27(43)34-3)35-25(41)18-9-22(32)45-24(18)33/h4-5,8-9,17,19H,6-7,10-16H2,1-3H3,(H,34,43)(H,35,41)(H,36,42)(H,37,40)/t17?,19-,29?,30?,31?/m0/s1. The Kier molecular flexibility index (Phi) is 9.23. The molecule has 0 saturated heterocycles. The monoisotopic (exact) mass is 677 g/mol. The van der Waals surface area contributed by atoms with Crippen LogP contribution in [-0.4, -0.2) is 52.6 Å². The van der Waals surface area contributed by atoms with Crippen LogP contribution in [0.25, 0.3) is 0 Å². The van der Waals surface area contributed by atoms with Crippen molar-refractivity contribution in [2.45, 2.75) is 83.3 Å². The molecule has 0 aliphatic heterocycles. The molecule has 4 bridgehead atoms. The van der Waals surface area contributed by atoms with Gasteiger partial charge in [0.05, 0.1) is 9.90 Å². The number of hydrogen-bond donors (Lipinski definition) is 4. The molecule has 2 unspecified atom stereocenters. The Morgan fingerprint density at radius 1 is 1.07 bits per heavy atom. The summed E-state index contributed by atoms with van der Waals surface area (Å²) in [5.41, 5.74) is -0.538. The number of halogens is 2. The van der Waals surface area contributed by atoms with E-state index in [-0.39, 0.29) is 61.6 Å². The van der Waals surface area contributed by atoms with Crippen molar-refractivity contribution in [2.75, 3.05) is 12.4 Å². The smallest absolute Gasteiger partial charge is 0.287 e. The number of nitrogens with zero attached hydrogens (tertiary/aromatic N) is 1. The van der Waals surface area contributed by atoms with Crippen LogP contribution in [0.15, 0.2) is 29.2 Å². The highest BCUT2D eigenvalue weighted by Crippen LogP contribution is 2.66. The molecule has 4 saturated carbocycles. The molecule has 3 atom stereocenters. The lowest BCUT2D eigenvalue weighted by Crippen LogP contribution is -2.65. The highest BCUT2D eigenvalue weighted by atomic mass is 35.5. The summed E-state index contributed by atoms with van der Waals surface area (Å²) < 4.78 is 1.60. The van der Waals surface area contributed by atoms with Gasteiger partial charge in [0, 0.05) is 25.2 Å². The zero-order chi connectivity index (χ0) is 32.7. The lowest BCUT2D eigenvalue weighted by atomic mass is 9.43. The summed E-state index contributed by atoms with van der Waals surface area (Å²) in [5.74, 6) is -2.81. The molecular weight excluding hydrogens is 641 g/mol. The van der Waals surface area contributed by atoms with E-state index >= 15 is 0 Å². The second-order valence-electron chi connectivity index (χ2n) is 13.6. The number of ketones is 1. The molecule has 6 rings (SSSR count). The predicted molar refractivity (Wildman–Crippen MR) is 172 cm³/mol. The number of carbonyl (C=O) groups is 5. The molecule has 4 aliphatic carbocycles. The predicted octanol–water partition coefficient (Wildman–Crippen LogP) is 3.91. The molecule has 4 amide bonds. The normalized spacial score (nSPS) is 27.0. The molecule has 2 aromatic rings. The van der Waals surface area contributed by atoms with Crippen molar-refractivity contribution in [1.29, 1.82) is 0 Å². The Morgan fingerprint density at radius 2 is 1.76 bits per heavy atom. The summed E-state index contributed by atoms with van der Waals surface area (Å²) in [6, 6.07) is 2.96. The van der Waals surface area contributed by atoms with Gasteiger partial charge in [-0.1, -0.05) is 37.0 Å². The number of pyridine rings is 1. The van der Waals surface area contributed by atoms with Crippen LogP contribution in [0.5, 0.6) is 0 Å². The minimum atomic E-state index is -1.31. The maximum absolute atomic E-state index is 13.4. The van der Waals surface area contributed by atoms with Crippen molar-refractivity contribution in [3.63, 3.8) is 0 Å². The molecule has 4 fully saturated rings. The number of aromatic nitrogens is 1. The van der Waals surface area contributed by atoms with Crippen LogP contribution in [0.3, 0.4) is 0 Å². The van der Waals surface area contributed by atoms with Crippen LogP contribution in [0, 0.1) is 16.7 Å². The van der Waals surface area contributed by atoms with Crippen molar-refractivity contribution >= 4 is 69.6 Å². The quantitative estimate of drug-likeness (QED) is 0.264. The fraction of sp³-hybridized carbons (Fsp3) is 0.548. The van der Waals surface area contributed by atoms with Crippen LogP contribution in [0.4, 0.5) is 5.69 Å². The second kappa shape index (κ2) is 12.5. The topological polar surface area (TPSA) is 155 Å². The van der Waals surface area contributed by atoms with Gasteiger partial charge in [-0.25, -0.2) is 0 Å². The third-order valence-corrected chi connectivity index (χ3v) is 10.8. The number of nitrogens with one attached hydrogen (secondary N) is 4. The highest BCUT2D eigenvalue weighted by Gasteiger charge is 2.60. The van der Waals surface area contributed by atoms with E-state index < -0.39 is 35.1 Å². The van der Waals surface area contributed by atoms with Gasteiger partial charge in [0.1, 0.15) is 22.6 Å². The summed E-state index contributed by atoms with van der Waals surface area (Å²) in [6.07, 6.45) is 7.26. The van der Waals surface area contributed by atoms with E-state index in [1.165, 1.54) is 55.3 Å². The molecule has 45 heavy (non-hydrogen) atoms. The molecule has 242 valence electrons. The van der Waals surface area contributed by atoms with Gasteiger partial charge in [0.2, 0.25) is 17.6 Å². The summed E-state index contributed by atoms with van der Waals surface area (Å²) in [4.78, 5) is 76.8. The van der Waals surface area contributed by atoms with Crippen molar-refractivity contribution in [3.05, 3.63) is 49.0 Å². The summed E-state index contributed by atoms with van der Waals surface area (Å²) in [7, 11) is 1.30. The highest BCUT2D eigenvalue weighted by molar-refractivity contribution is 7.20. The first-order valence-electron chi connectivity index (χ1n) is 14.9. The summed E-state index contributed by atoms with van der Waals surface area (Å²) >= 11 is 13.0. The first-order valence-corrected chi connectivity index (χ1v) is 16.5. The molecule has 14 heteroatoms. The number of amides is 4. The molecule has 11 nitrogen and oxygen atoms in total. The molecule has 0 aromatic carbocycles. The van der Waals surface area contributed by atoms with Gasteiger partial charge in [-0.2, -0.15) is 0 Å². The summed E-state index contributed by atoms with van der Waals surface area (Å²) in [6.45, 7) is 4.42. The maximum Gasteiger partial charge on any atom is 0.287 e. The third kappa shape index (κ3) is 7.28. The van der Waals surface area contributed by atoms with Gasteiger partial charge < -0.3 is 25.8 Å².